The fraction of sp³-hybridized carbons (Fsp3) is 0.647. The third kappa shape index (κ3) is 4.40. The van der Waals surface area contributed by atoms with Crippen molar-refractivity contribution in [1.82, 2.24) is 5.32 Å². The molecule has 1 fully saturated rings. The van der Waals surface area contributed by atoms with Gasteiger partial charge in [0.2, 0.25) is 0 Å². The number of para-hydroxylation sites is 1. The van der Waals surface area contributed by atoms with Crippen LogP contribution >= 0.6 is 0 Å². The van der Waals surface area contributed by atoms with Crippen LogP contribution in [-0.4, -0.2) is 13.2 Å². The molecule has 1 aliphatic rings. The number of ether oxygens (including phenoxy) is 1. The highest BCUT2D eigenvalue weighted by Crippen LogP contribution is 2.39. The number of hydrogen-bond donors (Lipinski definition) is 1. The van der Waals surface area contributed by atoms with Crippen LogP contribution in [-0.2, 0) is 0 Å². The predicted octanol–water partition coefficient (Wildman–Crippen LogP) is 4.76. The monoisotopic (exact) mass is 297 g/mol. The van der Waals surface area contributed by atoms with E-state index >= 15 is 0 Å². The molecular weight excluding hydrogens is 272 g/mol. The number of alkyl halides is 2. The van der Waals surface area contributed by atoms with E-state index in [0.717, 1.165) is 30.9 Å². The molecule has 0 aliphatic heterocycles. The number of benzene rings is 1. The molecule has 1 saturated carbocycles. The molecule has 1 aromatic rings. The zero-order valence-corrected chi connectivity index (χ0v) is 12.8. The Hall–Kier alpha value is -1.16. The van der Waals surface area contributed by atoms with E-state index in [-0.39, 0.29) is 6.04 Å². The second kappa shape index (κ2) is 7.74. The molecule has 1 N–H and O–H groups in total. The highest BCUT2D eigenvalue weighted by Gasteiger charge is 2.28. The van der Waals surface area contributed by atoms with Gasteiger partial charge in [-0.05, 0) is 37.3 Å². The van der Waals surface area contributed by atoms with Gasteiger partial charge in [-0.3, -0.25) is 0 Å². The summed E-state index contributed by atoms with van der Waals surface area (Å²) < 4.78 is 29.9. The minimum atomic E-state index is -2.78. The van der Waals surface area contributed by atoms with Crippen LogP contribution in [0.1, 0.15) is 51.1 Å². The van der Waals surface area contributed by atoms with Crippen molar-refractivity contribution in [2.24, 2.45) is 11.8 Å². The van der Waals surface area contributed by atoms with E-state index in [1.807, 2.05) is 12.1 Å². The van der Waals surface area contributed by atoms with E-state index in [4.69, 9.17) is 4.74 Å². The lowest BCUT2D eigenvalue weighted by molar-refractivity contribution is -0.0509. The fourth-order valence-electron chi connectivity index (χ4n) is 3.31. The summed E-state index contributed by atoms with van der Waals surface area (Å²) in [6, 6.07) is 7.27. The molecule has 2 nitrogen and oxygen atoms in total. The standard InChI is InChI=1S/C17H25F2NO/c1-3-20-16(13-10-8-12(2)9-11-13)14-6-4-5-7-15(14)21-17(18)19/h4-7,12-13,16-17,20H,3,8-11H2,1-2H3. The maximum Gasteiger partial charge on any atom is 0.387 e. The SMILES string of the molecule is CCNC(c1ccccc1OC(F)F)C1CCC(C)CC1. The Morgan fingerprint density at radius 2 is 1.86 bits per heavy atom. The Kier molecular flexibility index (Phi) is 5.97. The summed E-state index contributed by atoms with van der Waals surface area (Å²) >= 11 is 0. The predicted molar refractivity (Wildman–Crippen MR) is 80.6 cm³/mol. The van der Waals surface area contributed by atoms with Gasteiger partial charge in [-0.25, -0.2) is 0 Å². The number of nitrogens with one attached hydrogen (secondary N) is 1. The summed E-state index contributed by atoms with van der Waals surface area (Å²) in [5.41, 5.74) is 0.860. The van der Waals surface area contributed by atoms with Crippen molar-refractivity contribution in [3.63, 3.8) is 0 Å². The van der Waals surface area contributed by atoms with E-state index < -0.39 is 6.61 Å². The second-order valence-electron chi connectivity index (χ2n) is 5.97. The van der Waals surface area contributed by atoms with Gasteiger partial charge in [0.15, 0.2) is 0 Å². The van der Waals surface area contributed by atoms with Crippen LogP contribution in [0.4, 0.5) is 8.78 Å². The molecule has 0 spiro atoms. The zero-order valence-electron chi connectivity index (χ0n) is 12.8. The molecule has 1 atom stereocenters. The molecule has 0 amide bonds. The van der Waals surface area contributed by atoms with Crippen molar-refractivity contribution in [1.29, 1.82) is 0 Å². The van der Waals surface area contributed by atoms with Gasteiger partial charge in [0.05, 0.1) is 0 Å². The van der Waals surface area contributed by atoms with Crippen LogP contribution in [0.3, 0.4) is 0 Å². The van der Waals surface area contributed by atoms with E-state index in [9.17, 15) is 8.78 Å². The van der Waals surface area contributed by atoms with Crippen molar-refractivity contribution >= 4 is 0 Å². The molecule has 1 aromatic carbocycles. The molecule has 21 heavy (non-hydrogen) atoms. The zero-order chi connectivity index (χ0) is 15.2. The molecule has 0 heterocycles. The van der Waals surface area contributed by atoms with E-state index in [0.29, 0.717) is 11.7 Å². The molecule has 0 aromatic heterocycles. The number of rotatable bonds is 6. The van der Waals surface area contributed by atoms with Crippen LogP contribution in [0.25, 0.3) is 0 Å². The smallest absolute Gasteiger partial charge is 0.387 e. The summed E-state index contributed by atoms with van der Waals surface area (Å²) in [5, 5.41) is 3.47. The summed E-state index contributed by atoms with van der Waals surface area (Å²) in [6.45, 7) is 2.38. The highest BCUT2D eigenvalue weighted by molar-refractivity contribution is 5.36. The van der Waals surface area contributed by atoms with Gasteiger partial charge in [0.1, 0.15) is 5.75 Å². The topological polar surface area (TPSA) is 21.3 Å². The molecule has 0 radical (unpaired) electrons. The van der Waals surface area contributed by atoms with Crippen LogP contribution < -0.4 is 10.1 Å². The molecule has 1 aliphatic carbocycles. The van der Waals surface area contributed by atoms with Gasteiger partial charge >= 0.3 is 6.61 Å². The van der Waals surface area contributed by atoms with E-state index in [2.05, 4.69) is 19.2 Å². The quantitative estimate of drug-likeness (QED) is 0.817. The van der Waals surface area contributed by atoms with Crippen LogP contribution in [0.2, 0.25) is 0 Å². The van der Waals surface area contributed by atoms with Crippen molar-refractivity contribution in [2.45, 2.75) is 52.2 Å². The van der Waals surface area contributed by atoms with Gasteiger partial charge < -0.3 is 10.1 Å². The van der Waals surface area contributed by atoms with Gasteiger partial charge in [0.25, 0.3) is 0 Å². The highest BCUT2D eigenvalue weighted by atomic mass is 19.3. The Morgan fingerprint density at radius 3 is 2.48 bits per heavy atom. The maximum absolute atomic E-state index is 12.6. The Balaban J connectivity index is 2.21. The van der Waals surface area contributed by atoms with Crippen molar-refractivity contribution < 1.29 is 13.5 Å². The Bertz CT molecular complexity index is 431. The minimum Gasteiger partial charge on any atom is -0.434 e. The summed E-state index contributed by atoms with van der Waals surface area (Å²) in [5.74, 6) is 1.57. The van der Waals surface area contributed by atoms with Crippen molar-refractivity contribution in [3.8, 4) is 5.75 Å². The first-order chi connectivity index (χ1) is 10.1. The Labute approximate surface area is 125 Å². The summed E-state index contributed by atoms with van der Waals surface area (Å²) in [7, 11) is 0. The lowest BCUT2D eigenvalue weighted by Crippen LogP contribution is -2.31. The van der Waals surface area contributed by atoms with Gasteiger partial charge in [-0.2, -0.15) is 8.78 Å². The average Bonchev–Trinajstić information content (AvgIpc) is 2.46. The van der Waals surface area contributed by atoms with Crippen LogP contribution in [0.5, 0.6) is 5.75 Å². The normalized spacial score (nSPS) is 24.0. The molecule has 4 heteroatoms. The van der Waals surface area contributed by atoms with Crippen LogP contribution in [0.15, 0.2) is 24.3 Å². The van der Waals surface area contributed by atoms with Gasteiger partial charge in [0, 0.05) is 11.6 Å². The number of hydrogen-bond acceptors (Lipinski definition) is 2. The summed E-state index contributed by atoms with van der Waals surface area (Å²) in [4.78, 5) is 0. The Morgan fingerprint density at radius 1 is 1.19 bits per heavy atom. The molecule has 118 valence electrons. The fourth-order valence-corrected chi connectivity index (χ4v) is 3.31. The lowest BCUT2D eigenvalue weighted by Gasteiger charge is -2.34. The molecular formula is C17H25F2NO. The van der Waals surface area contributed by atoms with Gasteiger partial charge in [-0.1, -0.05) is 44.9 Å². The lowest BCUT2D eigenvalue weighted by atomic mass is 9.77. The maximum atomic E-state index is 12.6. The van der Waals surface area contributed by atoms with Crippen molar-refractivity contribution in [2.75, 3.05) is 6.54 Å². The molecule has 1 unspecified atom stereocenters. The number of halogens is 2. The first-order valence-electron chi connectivity index (χ1n) is 7.89. The van der Waals surface area contributed by atoms with Gasteiger partial charge in [-0.15, -0.1) is 0 Å². The summed E-state index contributed by atoms with van der Waals surface area (Å²) in [6.07, 6.45) is 4.71. The largest absolute Gasteiger partial charge is 0.434 e. The third-order valence-corrected chi connectivity index (χ3v) is 4.43. The first-order valence-corrected chi connectivity index (χ1v) is 7.89. The van der Waals surface area contributed by atoms with Crippen LogP contribution in [0, 0.1) is 11.8 Å². The van der Waals surface area contributed by atoms with E-state index in [1.165, 1.54) is 12.8 Å². The molecule has 0 bridgehead atoms. The van der Waals surface area contributed by atoms with Crippen molar-refractivity contribution in [3.05, 3.63) is 29.8 Å². The third-order valence-electron chi connectivity index (χ3n) is 4.43. The average molecular weight is 297 g/mol. The molecule has 0 saturated heterocycles. The van der Waals surface area contributed by atoms with E-state index in [1.54, 1.807) is 12.1 Å². The second-order valence-corrected chi connectivity index (χ2v) is 5.97. The first kappa shape index (κ1) is 16.2. The minimum absolute atomic E-state index is 0.0949. The molecule has 2 rings (SSSR count).